The number of imide groups is 2. The molecule has 3 fully saturated rings. The van der Waals surface area contributed by atoms with E-state index in [9.17, 15) is 28.8 Å². The third-order valence-electron chi connectivity index (χ3n) is 13.5. The Balaban J connectivity index is 0.740. The number of piperidine rings is 1. The van der Waals surface area contributed by atoms with Crippen LogP contribution in [0.1, 0.15) is 68.7 Å². The Labute approximate surface area is 374 Å². The van der Waals surface area contributed by atoms with E-state index in [4.69, 9.17) is 10.1 Å². The second kappa shape index (κ2) is 16.7. The molecular weight excluding hydrogens is 829 g/mol. The zero-order chi connectivity index (χ0) is 45.1. The lowest BCUT2D eigenvalue weighted by molar-refractivity contribution is -0.145. The molecule has 18 nitrogen and oxygen atoms in total. The monoisotopic (exact) mass is 878 g/mol. The molecule has 6 amide bonds. The van der Waals surface area contributed by atoms with E-state index in [0.29, 0.717) is 76.1 Å². The minimum atomic E-state index is -1.02. The van der Waals surface area contributed by atoms with E-state index in [1.807, 2.05) is 30.1 Å². The number of aromatic nitrogens is 4. The van der Waals surface area contributed by atoms with Crippen LogP contribution in [0.5, 0.6) is 0 Å². The van der Waals surface area contributed by atoms with Crippen molar-refractivity contribution in [2.75, 3.05) is 61.3 Å². The van der Waals surface area contributed by atoms with Crippen molar-refractivity contribution in [3.05, 3.63) is 94.2 Å². The van der Waals surface area contributed by atoms with Crippen molar-refractivity contribution in [1.29, 1.82) is 0 Å². The highest BCUT2D eigenvalue weighted by molar-refractivity contribution is 6.23. The average molecular weight is 879 g/mol. The maximum absolute atomic E-state index is 14.1. The number of amides is 6. The van der Waals surface area contributed by atoms with Gasteiger partial charge in [-0.05, 0) is 92.1 Å². The van der Waals surface area contributed by atoms with Gasteiger partial charge in [0.1, 0.15) is 12.1 Å². The fourth-order valence-electron chi connectivity index (χ4n) is 9.91. The first-order valence-electron chi connectivity index (χ1n) is 22.2. The normalized spacial score (nSPS) is 20.0. The van der Waals surface area contributed by atoms with Gasteiger partial charge in [0.2, 0.25) is 29.6 Å². The molecule has 0 aliphatic carbocycles. The number of aryl methyl sites for hydroxylation is 3. The molecule has 18 heteroatoms. The Hall–Kier alpha value is -7.21. The number of anilines is 5. The second-order valence-electron chi connectivity index (χ2n) is 17.6. The second-order valence-corrected chi connectivity index (χ2v) is 17.6. The van der Waals surface area contributed by atoms with Crippen LogP contribution in [0.3, 0.4) is 0 Å². The fraction of sp³-hybridized carbons (Fsp3) is 0.383. The molecule has 5 aliphatic heterocycles. The zero-order valence-corrected chi connectivity index (χ0v) is 36.6. The average Bonchev–Trinajstić information content (AvgIpc) is 3.98. The van der Waals surface area contributed by atoms with Gasteiger partial charge in [0, 0.05) is 82.5 Å². The number of piperazine rings is 1. The van der Waals surface area contributed by atoms with Crippen LogP contribution in [0.15, 0.2) is 60.8 Å². The van der Waals surface area contributed by atoms with Crippen molar-refractivity contribution in [1.82, 2.24) is 44.7 Å². The first-order valence-corrected chi connectivity index (χ1v) is 22.2. The number of carbonyl (C=O) groups is 6. The van der Waals surface area contributed by atoms with Crippen LogP contribution in [-0.2, 0) is 39.2 Å². The van der Waals surface area contributed by atoms with Gasteiger partial charge in [0.25, 0.3) is 11.8 Å². The van der Waals surface area contributed by atoms with Gasteiger partial charge in [0.05, 0.1) is 23.1 Å². The molecule has 65 heavy (non-hydrogen) atoms. The predicted octanol–water partition coefficient (Wildman–Crippen LogP) is 3.57. The van der Waals surface area contributed by atoms with Crippen LogP contribution in [0.2, 0.25) is 0 Å². The van der Waals surface area contributed by atoms with Crippen molar-refractivity contribution in [2.45, 2.75) is 64.6 Å². The molecule has 0 saturated carbocycles. The van der Waals surface area contributed by atoms with Crippen molar-refractivity contribution in [2.24, 2.45) is 7.05 Å². The maximum Gasteiger partial charge on any atom is 0.262 e. The van der Waals surface area contributed by atoms with Crippen LogP contribution in [-0.4, -0.2) is 133 Å². The highest BCUT2D eigenvalue weighted by Gasteiger charge is 2.45. The standard InChI is InChI=1S/C47H50N12O6/c1-27-6-4-7-28(2)40(27)51-41-35-24-48-47(52-42(35)54(3)53-41)49-31-10-9-29-15-17-57(25-30(29)22-31)46(65)37-8-5-16-58(37)39(61)26-55-18-20-56(21-19-55)32-11-12-33-34(23-32)45(64)59(44(33)63)36-13-14-38(60)50-43(36)62/h4,6-7,9-12,22-24,36-37H,5,8,13-21,25-26H2,1-3H3,(H,51,53)(H,48,49,52)(H,50,60,62)/t36?,37-/m1/s1. The van der Waals surface area contributed by atoms with Crippen molar-refractivity contribution >= 4 is 75.3 Å². The van der Waals surface area contributed by atoms with E-state index in [2.05, 4.69) is 62.8 Å². The van der Waals surface area contributed by atoms with E-state index in [1.54, 1.807) is 34.0 Å². The third-order valence-corrected chi connectivity index (χ3v) is 13.5. The molecule has 0 bridgehead atoms. The SMILES string of the molecule is Cc1cccc(C)c1Nc1nn(C)c2nc(Nc3ccc4c(c3)CN(C(=O)[C@H]3CCCN3C(=O)CN3CCN(c5ccc6c(c5)C(=O)N(C5CCC(=O)NC5=O)C6=O)CC3)CC4)ncc12. The van der Waals surface area contributed by atoms with E-state index in [0.717, 1.165) is 50.5 Å². The topological polar surface area (TPSA) is 198 Å². The molecule has 2 aromatic heterocycles. The maximum atomic E-state index is 14.1. The Morgan fingerprint density at radius 3 is 2.40 bits per heavy atom. The molecule has 10 rings (SSSR count). The minimum Gasteiger partial charge on any atom is -0.369 e. The van der Waals surface area contributed by atoms with Crippen LogP contribution in [0, 0.1) is 13.8 Å². The molecule has 5 aromatic rings. The number of fused-ring (bicyclic) bond motifs is 3. The largest absolute Gasteiger partial charge is 0.369 e. The molecule has 3 saturated heterocycles. The molecule has 2 atom stereocenters. The lowest BCUT2D eigenvalue weighted by Crippen LogP contribution is -2.54. The highest BCUT2D eigenvalue weighted by atomic mass is 16.2. The van der Waals surface area contributed by atoms with Crippen LogP contribution in [0.4, 0.5) is 28.8 Å². The molecule has 0 radical (unpaired) electrons. The van der Waals surface area contributed by atoms with E-state index < -0.39 is 35.7 Å². The first kappa shape index (κ1) is 41.8. The number of nitrogens with one attached hydrogen (secondary N) is 3. The number of hydrogen-bond acceptors (Lipinski definition) is 13. The summed E-state index contributed by atoms with van der Waals surface area (Å²) in [6.45, 7) is 8.25. The number of nitrogens with zero attached hydrogens (tertiary/aromatic N) is 9. The smallest absolute Gasteiger partial charge is 0.262 e. The van der Waals surface area contributed by atoms with E-state index in [-0.39, 0.29) is 42.3 Å². The lowest BCUT2D eigenvalue weighted by atomic mass is 9.98. The Bertz CT molecular complexity index is 2790. The van der Waals surface area contributed by atoms with Crippen LogP contribution in [0.25, 0.3) is 11.0 Å². The Kier molecular flexibility index (Phi) is 10.8. The quantitative estimate of drug-likeness (QED) is 0.182. The number of likely N-dealkylation sites (tertiary alicyclic amines) is 1. The molecule has 3 aromatic carbocycles. The Morgan fingerprint density at radius 2 is 1.62 bits per heavy atom. The number of hydrogen-bond donors (Lipinski definition) is 3. The van der Waals surface area contributed by atoms with Gasteiger partial charge < -0.3 is 25.3 Å². The first-order chi connectivity index (χ1) is 31.4. The highest BCUT2D eigenvalue weighted by Crippen LogP contribution is 2.33. The number of para-hydroxylation sites is 1. The van der Waals surface area contributed by atoms with Gasteiger partial charge in [-0.15, -0.1) is 0 Å². The molecule has 7 heterocycles. The van der Waals surface area contributed by atoms with E-state index in [1.165, 1.54) is 5.56 Å². The number of rotatable bonds is 9. The van der Waals surface area contributed by atoms with Crippen LogP contribution >= 0.6 is 0 Å². The summed E-state index contributed by atoms with van der Waals surface area (Å²) >= 11 is 0. The molecule has 3 N–H and O–H groups in total. The molecular formula is C47H50N12O6. The molecule has 1 unspecified atom stereocenters. The van der Waals surface area contributed by atoms with Gasteiger partial charge in [-0.2, -0.15) is 10.1 Å². The van der Waals surface area contributed by atoms with Crippen molar-refractivity contribution in [3.63, 3.8) is 0 Å². The van der Waals surface area contributed by atoms with Gasteiger partial charge in [0.15, 0.2) is 11.5 Å². The minimum absolute atomic E-state index is 0.0270. The summed E-state index contributed by atoms with van der Waals surface area (Å²) in [6, 6.07) is 15.9. The summed E-state index contributed by atoms with van der Waals surface area (Å²) < 4.78 is 1.74. The van der Waals surface area contributed by atoms with Crippen LogP contribution < -0.4 is 20.9 Å². The Morgan fingerprint density at radius 1 is 0.831 bits per heavy atom. The zero-order valence-electron chi connectivity index (χ0n) is 36.6. The fourth-order valence-corrected chi connectivity index (χ4v) is 9.91. The third kappa shape index (κ3) is 7.81. The summed E-state index contributed by atoms with van der Waals surface area (Å²) in [7, 11) is 1.86. The molecule has 5 aliphatic rings. The summed E-state index contributed by atoms with van der Waals surface area (Å²) in [5.74, 6) is -1.12. The summed E-state index contributed by atoms with van der Waals surface area (Å²) in [6.07, 6.45) is 4.03. The number of benzene rings is 3. The predicted molar refractivity (Wildman–Crippen MR) is 241 cm³/mol. The van der Waals surface area contributed by atoms with E-state index >= 15 is 0 Å². The summed E-state index contributed by atoms with van der Waals surface area (Å²) in [5, 5.41) is 14.6. The van der Waals surface area contributed by atoms with Crippen molar-refractivity contribution in [3.8, 4) is 0 Å². The van der Waals surface area contributed by atoms with Gasteiger partial charge in [-0.25, -0.2) is 9.67 Å². The summed E-state index contributed by atoms with van der Waals surface area (Å²) in [4.78, 5) is 97.0. The molecule has 334 valence electrons. The molecule has 0 spiro atoms. The lowest BCUT2D eigenvalue weighted by Gasteiger charge is -2.37. The van der Waals surface area contributed by atoms with Gasteiger partial charge in [-0.1, -0.05) is 24.3 Å². The van der Waals surface area contributed by atoms with Gasteiger partial charge in [-0.3, -0.25) is 43.9 Å². The summed E-state index contributed by atoms with van der Waals surface area (Å²) in [5.41, 5.74) is 8.20. The number of carbonyl (C=O) groups excluding carboxylic acids is 6. The van der Waals surface area contributed by atoms with Gasteiger partial charge >= 0.3 is 0 Å². The van der Waals surface area contributed by atoms with Crippen molar-refractivity contribution < 1.29 is 28.8 Å².